The van der Waals surface area contributed by atoms with Gasteiger partial charge >= 0.3 is 0 Å². The number of pyridine rings is 1. The Balaban J connectivity index is 2.90. The van der Waals surface area contributed by atoms with Gasteiger partial charge in [0.1, 0.15) is 0 Å². The molecule has 1 nitrogen and oxygen atoms in total. The highest BCUT2D eigenvalue weighted by molar-refractivity contribution is 9.10. The number of nitrogens with zero attached hydrogens (tertiary/aromatic N) is 1. The van der Waals surface area contributed by atoms with Crippen LogP contribution in [0.5, 0.6) is 0 Å². The fourth-order valence-corrected chi connectivity index (χ4v) is 1.44. The van der Waals surface area contributed by atoms with E-state index in [4.69, 9.17) is 0 Å². The zero-order chi connectivity index (χ0) is 8.27. The van der Waals surface area contributed by atoms with Crippen LogP contribution in [0.4, 0.5) is 0 Å². The molecule has 0 atom stereocenters. The lowest BCUT2D eigenvalue weighted by Gasteiger charge is -2.02. The summed E-state index contributed by atoms with van der Waals surface area (Å²) >= 11 is 3.37. The van der Waals surface area contributed by atoms with E-state index in [1.54, 1.807) is 0 Å². The van der Waals surface area contributed by atoms with Crippen molar-refractivity contribution < 1.29 is 0 Å². The number of hydrogen-bond acceptors (Lipinski definition) is 1. The SMILES string of the molecule is [CH2]CCc1ncc(Br)cc1C. The zero-order valence-corrected chi connectivity index (χ0v) is 8.19. The second-order valence-corrected chi connectivity index (χ2v) is 3.44. The molecule has 0 N–H and O–H groups in total. The van der Waals surface area contributed by atoms with E-state index >= 15 is 0 Å². The summed E-state index contributed by atoms with van der Waals surface area (Å²) in [4.78, 5) is 4.28. The topological polar surface area (TPSA) is 12.9 Å². The van der Waals surface area contributed by atoms with Crippen LogP contribution in [0.15, 0.2) is 16.7 Å². The zero-order valence-electron chi connectivity index (χ0n) is 6.60. The molecule has 1 aromatic heterocycles. The van der Waals surface area contributed by atoms with Gasteiger partial charge in [-0.3, -0.25) is 4.98 Å². The lowest BCUT2D eigenvalue weighted by molar-refractivity contribution is 0.923. The van der Waals surface area contributed by atoms with Crippen molar-refractivity contribution in [2.45, 2.75) is 19.8 Å². The first-order valence-corrected chi connectivity index (χ1v) is 4.43. The van der Waals surface area contributed by atoms with Crippen LogP contribution in [0.1, 0.15) is 17.7 Å². The summed E-state index contributed by atoms with van der Waals surface area (Å²) in [5, 5.41) is 0. The van der Waals surface area contributed by atoms with E-state index < -0.39 is 0 Å². The maximum Gasteiger partial charge on any atom is 0.0433 e. The van der Waals surface area contributed by atoms with Crippen LogP contribution in [0.25, 0.3) is 0 Å². The molecule has 1 aromatic rings. The molecule has 0 spiro atoms. The molecular formula is C9H11BrN. The minimum atomic E-state index is 0.912. The van der Waals surface area contributed by atoms with Gasteiger partial charge in [0.05, 0.1) is 0 Å². The molecule has 0 unspecified atom stereocenters. The number of rotatable bonds is 2. The molecule has 0 saturated heterocycles. The lowest BCUT2D eigenvalue weighted by Crippen LogP contribution is -1.92. The Morgan fingerprint density at radius 2 is 2.36 bits per heavy atom. The van der Waals surface area contributed by atoms with Gasteiger partial charge in [-0.2, -0.15) is 0 Å². The Hall–Kier alpha value is -0.370. The van der Waals surface area contributed by atoms with Gasteiger partial charge < -0.3 is 0 Å². The van der Waals surface area contributed by atoms with Crippen molar-refractivity contribution in [1.29, 1.82) is 0 Å². The highest BCUT2D eigenvalue weighted by atomic mass is 79.9. The van der Waals surface area contributed by atoms with Gasteiger partial charge in [0, 0.05) is 16.4 Å². The fourth-order valence-electron chi connectivity index (χ4n) is 0.998. The van der Waals surface area contributed by atoms with Gasteiger partial charge in [-0.15, -0.1) is 0 Å². The molecule has 1 heterocycles. The first-order chi connectivity index (χ1) is 5.24. The van der Waals surface area contributed by atoms with E-state index in [9.17, 15) is 0 Å². The fraction of sp³-hybridized carbons (Fsp3) is 0.333. The first-order valence-electron chi connectivity index (χ1n) is 3.64. The normalized spacial score (nSPS) is 10.1. The largest absolute Gasteiger partial charge is 0.260 e. The highest BCUT2D eigenvalue weighted by Gasteiger charge is 1.97. The first kappa shape index (κ1) is 8.72. The van der Waals surface area contributed by atoms with Crippen molar-refractivity contribution in [1.82, 2.24) is 4.98 Å². The average molecular weight is 213 g/mol. The molecule has 0 amide bonds. The van der Waals surface area contributed by atoms with Crippen LogP contribution < -0.4 is 0 Å². The van der Waals surface area contributed by atoms with Gasteiger partial charge in [-0.25, -0.2) is 0 Å². The molecule has 59 valence electrons. The smallest absolute Gasteiger partial charge is 0.0433 e. The van der Waals surface area contributed by atoms with E-state index in [-0.39, 0.29) is 0 Å². The number of hydrogen-bond donors (Lipinski definition) is 0. The van der Waals surface area contributed by atoms with Gasteiger partial charge in [0.2, 0.25) is 0 Å². The maximum atomic E-state index is 4.28. The van der Waals surface area contributed by atoms with Crippen LogP contribution in [-0.2, 0) is 6.42 Å². The van der Waals surface area contributed by atoms with Crippen LogP contribution in [-0.4, -0.2) is 4.98 Å². The molecule has 1 radical (unpaired) electrons. The van der Waals surface area contributed by atoms with Gasteiger partial charge in [0.15, 0.2) is 0 Å². The molecule has 0 aliphatic rings. The van der Waals surface area contributed by atoms with Crippen LogP contribution in [0.3, 0.4) is 0 Å². The third-order valence-electron chi connectivity index (χ3n) is 1.57. The van der Waals surface area contributed by atoms with Crippen molar-refractivity contribution in [3.8, 4) is 0 Å². The van der Waals surface area contributed by atoms with E-state index in [0.717, 1.165) is 23.0 Å². The van der Waals surface area contributed by atoms with Gasteiger partial charge in [-0.1, -0.05) is 6.92 Å². The van der Waals surface area contributed by atoms with E-state index in [2.05, 4.69) is 40.8 Å². The molecule has 11 heavy (non-hydrogen) atoms. The number of aromatic nitrogens is 1. The molecule has 1 rings (SSSR count). The van der Waals surface area contributed by atoms with Crippen LogP contribution in [0.2, 0.25) is 0 Å². The maximum absolute atomic E-state index is 4.28. The third kappa shape index (κ3) is 2.29. The molecule has 0 aliphatic carbocycles. The molecule has 2 heteroatoms. The quantitative estimate of drug-likeness (QED) is 0.735. The lowest BCUT2D eigenvalue weighted by atomic mass is 10.1. The summed E-state index contributed by atoms with van der Waals surface area (Å²) in [6, 6.07) is 2.08. The Morgan fingerprint density at radius 1 is 1.64 bits per heavy atom. The highest BCUT2D eigenvalue weighted by Crippen LogP contribution is 2.13. The van der Waals surface area contributed by atoms with Crippen molar-refractivity contribution in [3.05, 3.63) is 34.9 Å². The van der Waals surface area contributed by atoms with E-state index in [0.29, 0.717) is 0 Å². The monoisotopic (exact) mass is 212 g/mol. The second-order valence-electron chi connectivity index (χ2n) is 2.52. The molecule has 0 aromatic carbocycles. The van der Waals surface area contributed by atoms with Crippen molar-refractivity contribution in [2.24, 2.45) is 0 Å². The Labute approximate surface area is 76.0 Å². The summed E-state index contributed by atoms with van der Waals surface area (Å²) in [7, 11) is 0. The molecule has 0 saturated carbocycles. The summed E-state index contributed by atoms with van der Waals surface area (Å²) in [6.45, 7) is 5.86. The molecule has 0 fully saturated rings. The van der Waals surface area contributed by atoms with Crippen LogP contribution in [0, 0.1) is 13.8 Å². The minimum Gasteiger partial charge on any atom is -0.260 e. The second kappa shape index (κ2) is 3.86. The Morgan fingerprint density at radius 3 is 2.91 bits per heavy atom. The number of halogens is 1. The van der Waals surface area contributed by atoms with Crippen LogP contribution >= 0.6 is 15.9 Å². The minimum absolute atomic E-state index is 0.912. The average Bonchev–Trinajstić information content (AvgIpc) is 1.95. The number of aryl methyl sites for hydroxylation is 2. The Bertz CT molecular complexity index is 245. The van der Waals surface area contributed by atoms with Crippen molar-refractivity contribution in [3.63, 3.8) is 0 Å². The van der Waals surface area contributed by atoms with E-state index in [1.807, 2.05) is 6.20 Å². The van der Waals surface area contributed by atoms with Crippen molar-refractivity contribution >= 4 is 15.9 Å². The van der Waals surface area contributed by atoms with Gasteiger partial charge in [0.25, 0.3) is 0 Å². The standard InChI is InChI=1S/C9H11BrN/c1-3-4-9-7(2)5-8(10)6-11-9/h5-6H,1,3-4H2,2H3. The molecular weight excluding hydrogens is 202 g/mol. The molecule has 0 bridgehead atoms. The third-order valence-corrected chi connectivity index (χ3v) is 2.00. The summed E-state index contributed by atoms with van der Waals surface area (Å²) in [5.74, 6) is 0. The summed E-state index contributed by atoms with van der Waals surface area (Å²) in [6.07, 6.45) is 3.71. The molecule has 0 aliphatic heterocycles. The Kier molecular flexibility index (Phi) is 3.06. The summed E-state index contributed by atoms with van der Waals surface area (Å²) < 4.78 is 1.04. The van der Waals surface area contributed by atoms with Crippen molar-refractivity contribution in [2.75, 3.05) is 0 Å². The van der Waals surface area contributed by atoms with E-state index in [1.165, 1.54) is 5.56 Å². The predicted molar refractivity (Wildman–Crippen MR) is 50.4 cm³/mol. The van der Waals surface area contributed by atoms with Gasteiger partial charge in [-0.05, 0) is 47.3 Å². The predicted octanol–water partition coefficient (Wildman–Crippen LogP) is 2.92. The summed E-state index contributed by atoms with van der Waals surface area (Å²) in [5.41, 5.74) is 2.39.